The van der Waals surface area contributed by atoms with E-state index in [1.807, 2.05) is 0 Å². The maximum absolute atomic E-state index is 5.72. The molecule has 0 unspecified atom stereocenters. The van der Waals surface area contributed by atoms with Crippen LogP contribution in [0.2, 0.25) is 0 Å². The van der Waals surface area contributed by atoms with E-state index in [4.69, 9.17) is 9.47 Å². The molecule has 1 saturated carbocycles. The van der Waals surface area contributed by atoms with E-state index in [2.05, 4.69) is 43.4 Å². The quantitative estimate of drug-likeness (QED) is 0.790. The number of hydrogen-bond donors (Lipinski definition) is 1. The molecular formula is C17H27NO2. The van der Waals surface area contributed by atoms with Crippen LogP contribution < -0.4 is 10.1 Å². The summed E-state index contributed by atoms with van der Waals surface area (Å²) in [5.41, 5.74) is 1.31. The zero-order valence-electron chi connectivity index (χ0n) is 12.9. The van der Waals surface area contributed by atoms with Gasteiger partial charge in [-0.1, -0.05) is 26.0 Å². The predicted octanol–water partition coefficient (Wildman–Crippen LogP) is 3.38. The number of hydrogen-bond acceptors (Lipinski definition) is 3. The van der Waals surface area contributed by atoms with E-state index in [9.17, 15) is 0 Å². The summed E-state index contributed by atoms with van der Waals surface area (Å²) in [5, 5.41) is 3.56. The van der Waals surface area contributed by atoms with Gasteiger partial charge < -0.3 is 14.8 Å². The Morgan fingerprint density at radius 1 is 1.20 bits per heavy atom. The minimum Gasteiger partial charge on any atom is -0.494 e. The molecule has 1 aliphatic carbocycles. The summed E-state index contributed by atoms with van der Waals surface area (Å²) in [6.45, 7) is 6.16. The van der Waals surface area contributed by atoms with Crippen molar-refractivity contribution in [1.82, 2.24) is 5.32 Å². The zero-order chi connectivity index (χ0) is 14.4. The normalized spacial score (nSPS) is 21.8. The second-order valence-corrected chi connectivity index (χ2v) is 6.08. The van der Waals surface area contributed by atoms with E-state index in [-0.39, 0.29) is 0 Å². The van der Waals surface area contributed by atoms with Crippen LogP contribution in [0.3, 0.4) is 0 Å². The van der Waals surface area contributed by atoms with Crippen LogP contribution in [-0.2, 0) is 11.3 Å². The van der Waals surface area contributed by atoms with E-state index < -0.39 is 0 Å². The largest absolute Gasteiger partial charge is 0.494 e. The molecule has 1 aromatic carbocycles. The average molecular weight is 277 g/mol. The van der Waals surface area contributed by atoms with E-state index in [1.54, 1.807) is 7.11 Å². The highest BCUT2D eigenvalue weighted by Crippen LogP contribution is 2.23. The highest BCUT2D eigenvalue weighted by molar-refractivity contribution is 5.27. The summed E-state index contributed by atoms with van der Waals surface area (Å²) in [4.78, 5) is 0. The maximum Gasteiger partial charge on any atom is 0.119 e. The minimum absolute atomic E-state index is 0.462. The Morgan fingerprint density at radius 3 is 2.50 bits per heavy atom. The third kappa shape index (κ3) is 4.80. The molecule has 112 valence electrons. The van der Waals surface area contributed by atoms with Crippen LogP contribution in [0.25, 0.3) is 0 Å². The lowest BCUT2D eigenvalue weighted by Gasteiger charge is -2.34. The standard InChI is InChI=1S/C17H27NO2/c1-13(2)8-9-20-16-6-4-14(5-7-16)12-18-15-10-17(11-15)19-3/h4-7,13,15,17-18H,8-12H2,1-3H3. The van der Waals surface area contributed by atoms with Gasteiger partial charge in [-0.05, 0) is 42.9 Å². The zero-order valence-corrected chi connectivity index (χ0v) is 12.9. The van der Waals surface area contributed by atoms with Gasteiger partial charge in [-0.15, -0.1) is 0 Å². The lowest BCUT2D eigenvalue weighted by atomic mass is 9.89. The van der Waals surface area contributed by atoms with Gasteiger partial charge in [-0.3, -0.25) is 0 Å². The first-order chi connectivity index (χ1) is 9.67. The molecule has 2 rings (SSSR count). The molecule has 0 radical (unpaired) electrons. The fraction of sp³-hybridized carbons (Fsp3) is 0.647. The Balaban J connectivity index is 1.66. The lowest BCUT2D eigenvalue weighted by molar-refractivity contribution is 0.0170. The SMILES string of the molecule is COC1CC(NCc2ccc(OCCC(C)C)cc2)C1. The van der Waals surface area contributed by atoms with Crippen molar-refractivity contribution < 1.29 is 9.47 Å². The average Bonchev–Trinajstić information content (AvgIpc) is 2.38. The van der Waals surface area contributed by atoms with Gasteiger partial charge in [0.1, 0.15) is 5.75 Å². The van der Waals surface area contributed by atoms with Crippen molar-refractivity contribution in [3.8, 4) is 5.75 Å². The van der Waals surface area contributed by atoms with Crippen molar-refractivity contribution in [1.29, 1.82) is 0 Å². The molecule has 0 atom stereocenters. The van der Waals surface area contributed by atoms with Gasteiger partial charge >= 0.3 is 0 Å². The molecule has 1 aromatic rings. The van der Waals surface area contributed by atoms with Crippen LogP contribution in [0.4, 0.5) is 0 Å². The van der Waals surface area contributed by atoms with Crippen molar-refractivity contribution in [3.05, 3.63) is 29.8 Å². The molecule has 3 nitrogen and oxygen atoms in total. The molecule has 0 aromatic heterocycles. The lowest BCUT2D eigenvalue weighted by Crippen LogP contribution is -2.44. The van der Waals surface area contributed by atoms with Gasteiger partial charge in [0.05, 0.1) is 12.7 Å². The van der Waals surface area contributed by atoms with Gasteiger partial charge in [0, 0.05) is 19.7 Å². The van der Waals surface area contributed by atoms with Gasteiger partial charge in [0.2, 0.25) is 0 Å². The van der Waals surface area contributed by atoms with E-state index >= 15 is 0 Å². The first-order valence-corrected chi connectivity index (χ1v) is 7.65. The molecule has 1 aliphatic rings. The fourth-order valence-electron chi connectivity index (χ4n) is 2.30. The monoisotopic (exact) mass is 277 g/mol. The Labute approximate surface area is 122 Å². The van der Waals surface area contributed by atoms with Gasteiger partial charge in [-0.25, -0.2) is 0 Å². The highest BCUT2D eigenvalue weighted by Gasteiger charge is 2.28. The van der Waals surface area contributed by atoms with Gasteiger partial charge in [-0.2, -0.15) is 0 Å². The smallest absolute Gasteiger partial charge is 0.119 e. The van der Waals surface area contributed by atoms with E-state index in [1.165, 1.54) is 5.56 Å². The van der Waals surface area contributed by atoms with E-state index in [0.717, 1.165) is 38.2 Å². The predicted molar refractivity (Wildman–Crippen MR) is 82.1 cm³/mol. The molecule has 1 N–H and O–H groups in total. The fourth-order valence-corrected chi connectivity index (χ4v) is 2.30. The first kappa shape index (κ1) is 15.3. The number of benzene rings is 1. The molecule has 20 heavy (non-hydrogen) atoms. The van der Waals surface area contributed by atoms with Crippen LogP contribution in [-0.4, -0.2) is 25.9 Å². The van der Waals surface area contributed by atoms with Crippen molar-refractivity contribution in [3.63, 3.8) is 0 Å². The molecular weight excluding hydrogens is 250 g/mol. The van der Waals surface area contributed by atoms with Crippen LogP contribution in [0.1, 0.15) is 38.7 Å². The van der Waals surface area contributed by atoms with Crippen molar-refractivity contribution in [2.75, 3.05) is 13.7 Å². The number of rotatable bonds is 8. The molecule has 0 spiro atoms. The summed E-state index contributed by atoms with van der Waals surface area (Å²) in [6, 6.07) is 9.03. The van der Waals surface area contributed by atoms with Gasteiger partial charge in [0.25, 0.3) is 0 Å². The Bertz CT molecular complexity index is 382. The second-order valence-electron chi connectivity index (χ2n) is 6.08. The molecule has 3 heteroatoms. The molecule has 1 fully saturated rings. The van der Waals surface area contributed by atoms with E-state index in [0.29, 0.717) is 18.1 Å². The number of nitrogens with one attached hydrogen (secondary N) is 1. The number of ether oxygens (including phenoxy) is 2. The highest BCUT2D eigenvalue weighted by atomic mass is 16.5. The van der Waals surface area contributed by atoms with Crippen LogP contribution >= 0.6 is 0 Å². The maximum atomic E-state index is 5.72. The van der Waals surface area contributed by atoms with Crippen LogP contribution in [0.15, 0.2) is 24.3 Å². The van der Waals surface area contributed by atoms with Crippen molar-refractivity contribution in [2.45, 2.75) is 51.8 Å². The van der Waals surface area contributed by atoms with Crippen LogP contribution in [0.5, 0.6) is 5.75 Å². The third-order valence-electron chi connectivity index (χ3n) is 3.91. The molecule has 0 heterocycles. The minimum atomic E-state index is 0.462. The Morgan fingerprint density at radius 2 is 1.90 bits per heavy atom. The molecule has 0 aliphatic heterocycles. The van der Waals surface area contributed by atoms with Crippen LogP contribution in [0, 0.1) is 5.92 Å². The molecule has 0 bridgehead atoms. The summed E-state index contributed by atoms with van der Waals surface area (Å²) >= 11 is 0. The summed E-state index contributed by atoms with van der Waals surface area (Å²) in [5.74, 6) is 1.66. The number of methoxy groups -OCH3 is 1. The first-order valence-electron chi connectivity index (χ1n) is 7.65. The third-order valence-corrected chi connectivity index (χ3v) is 3.91. The van der Waals surface area contributed by atoms with Crippen molar-refractivity contribution in [2.24, 2.45) is 5.92 Å². The van der Waals surface area contributed by atoms with Gasteiger partial charge in [0.15, 0.2) is 0 Å². The Kier molecular flexibility index (Phi) is 5.86. The molecule has 0 saturated heterocycles. The summed E-state index contributed by atoms with van der Waals surface area (Å²) < 4.78 is 11.0. The topological polar surface area (TPSA) is 30.5 Å². The Hall–Kier alpha value is -1.06. The van der Waals surface area contributed by atoms with Crippen molar-refractivity contribution >= 4 is 0 Å². The second kappa shape index (κ2) is 7.65. The summed E-state index contributed by atoms with van der Waals surface area (Å²) in [6.07, 6.45) is 3.83. The molecule has 0 amide bonds. The summed E-state index contributed by atoms with van der Waals surface area (Å²) in [7, 11) is 1.79.